The maximum atomic E-state index is 12.7. The molecule has 3 aromatic carbocycles. The number of aryl methyl sites for hydroxylation is 3. The molecule has 0 saturated carbocycles. The van der Waals surface area contributed by atoms with Crippen LogP contribution < -0.4 is 20.1 Å². The fourth-order valence-electron chi connectivity index (χ4n) is 3.76. The van der Waals surface area contributed by atoms with Crippen LogP contribution in [0.15, 0.2) is 71.3 Å². The van der Waals surface area contributed by atoms with E-state index in [9.17, 15) is 9.59 Å². The van der Waals surface area contributed by atoms with Crippen LogP contribution in [-0.2, 0) is 11.2 Å². The molecule has 0 aliphatic carbocycles. The number of hydrogen-bond acceptors (Lipinski definition) is 6. The van der Waals surface area contributed by atoms with Gasteiger partial charge in [-0.1, -0.05) is 30.3 Å². The lowest BCUT2D eigenvalue weighted by molar-refractivity contribution is -0.116. The normalized spacial score (nSPS) is 10.6. The molecule has 1 aromatic heterocycles. The van der Waals surface area contributed by atoms with Gasteiger partial charge in [0, 0.05) is 36.1 Å². The molecular formula is C29H29N3O5. The van der Waals surface area contributed by atoms with Gasteiger partial charge in [0.25, 0.3) is 5.91 Å². The molecule has 37 heavy (non-hydrogen) atoms. The average Bonchev–Trinajstić information content (AvgIpc) is 3.39. The fourth-order valence-corrected chi connectivity index (χ4v) is 3.76. The summed E-state index contributed by atoms with van der Waals surface area (Å²) in [6.45, 7) is 4.11. The van der Waals surface area contributed by atoms with Crippen molar-refractivity contribution in [1.29, 1.82) is 0 Å². The summed E-state index contributed by atoms with van der Waals surface area (Å²) < 4.78 is 16.8. The third-order valence-corrected chi connectivity index (χ3v) is 5.99. The first kappa shape index (κ1) is 25.5. The van der Waals surface area contributed by atoms with Gasteiger partial charge in [-0.15, -0.1) is 0 Å². The molecule has 0 aliphatic heterocycles. The predicted octanol–water partition coefficient (Wildman–Crippen LogP) is 5.80. The highest BCUT2D eigenvalue weighted by atomic mass is 16.5. The molecule has 0 unspecified atom stereocenters. The molecule has 2 amide bonds. The number of ether oxygens (including phenoxy) is 2. The van der Waals surface area contributed by atoms with Crippen LogP contribution >= 0.6 is 0 Å². The number of carbonyl (C=O) groups excluding carboxylic acids is 2. The standard InChI is InChI=1S/C29H29N3O5/c1-18-10-11-21(14-19(18)2)26-17-30-28(37-26)13-12-27(33)31-22-15-25(36-4)23(16-24(22)35-3)32-29(34)20-8-6-5-7-9-20/h5-11,14-17H,12-13H2,1-4H3,(H,31,33)(H,32,34). The summed E-state index contributed by atoms with van der Waals surface area (Å²) in [5.74, 6) is 1.37. The number of amides is 2. The van der Waals surface area contributed by atoms with Crippen molar-refractivity contribution < 1.29 is 23.5 Å². The quantitative estimate of drug-likeness (QED) is 0.302. The molecule has 0 atom stereocenters. The van der Waals surface area contributed by atoms with Gasteiger partial charge < -0.3 is 24.5 Å². The van der Waals surface area contributed by atoms with Crippen molar-refractivity contribution in [1.82, 2.24) is 4.98 Å². The minimum absolute atomic E-state index is 0.158. The van der Waals surface area contributed by atoms with Gasteiger partial charge in [0.05, 0.1) is 31.8 Å². The third kappa shape index (κ3) is 6.16. The Labute approximate surface area is 215 Å². The van der Waals surface area contributed by atoms with Crippen LogP contribution in [0.1, 0.15) is 33.8 Å². The Balaban J connectivity index is 1.42. The van der Waals surface area contributed by atoms with E-state index in [1.165, 1.54) is 25.3 Å². The SMILES string of the molecule is COc1cc(NC(=O)c2ccccc2)c(OC)cc1NC(=O)CCc1ncc(-c2ccc(C)c(C)c2)o1. The van der Waals surface area contributed by atoms with Crippen molar-refractivity contribution in [3.8, 4) is 22.8 Å². The summed E-state index contributed by atoms with van der Waals surface area (Å²) in [4.78, 5) is 29.6. The minimum atomic E-state index is -0.288. The molecular weight excluding hydrogens is 470 g/mol. The van der Waals surface area contributed by atoms with Crippen LogP contribution in [0.25, 0.3) is 11.3 Å². The van der Waals surface area contributed by atoms with E-state index >= 15 is 0 Å². The van der Waals surface area contributed by atoms with Crippen molar-refractivity contribution in [2.24, 2.45) is 0 Å². The van der Waals surface area contributed by atoms with Crippen molar-refractivity contribution in [3.63, 3.8) is 0 Å². The molecule has 0 radical (unpaired) electrons. The Morgan fingerprint density at radius 1 is 0.865 bits per heavy atom. The van der Waals surface area contributed by atoms with Gasteiger partial charge in [0.1, 0.15) is 11.5 Å². The Bertz CT molecular complexity index is 1410. The summed E-state index contributed by atoms with van der Waals surface area (Å²) in [5, 5.41) is 5.67. The maximum Gasteiger partial charge on any atom is 0.255 e. The van der Waals surface area contributed by atoms with E-state index in [1.807, 2.05) is 25.1 Å². The highest BCUT2D eigenvalue weighted by molar-refractivity contribution is 6.05. The van der Waals surface area contributed by atoms with Crippen molar-refractivity contribution in [2.45, 2.75) is 26.7 Å². The number of rotatable bonds is 9. The fraction of sp³-hybridized carbons (Fsp3) is 0.207. The second-order valence-corrected chi connectivity index (χ2v) is 8.54. The van der Waals surface area contributed by atoms with E-state index in [0.717, 1.165) is 5.56 Å². The number of nitrogens with zero attached hydrogens (tertiary/aromatic N) is 1. The Morgan fingerprint density at radius 3 is 2.19 bits per heavy atom. The van der Waals surface area contributed by atoms with E-state index in [-0.39, 0.29) is 18.2 Å². The van der Waals surface area contributed by atoms with E-state index in [2.05, 4.69) is 28.6 Å². The molecule has 4 aromatic rings. The number of aromatic nitrogens is 1. The molecule has 0 spiro atoms. The zero-order valence-corrected chi connectivity index (χ0v) is 21.3. The van der Waals surface area contributed by atoms with Gasteiger partial charge in [0.2, 0.25) is 5.91 Å². The number of oxazole rings is 1. The van der Waals surface area contributed by atoms with Gasteiger partial charge in [-0.2, -0.15) is 0 Å². The van der Waals surface area contributed by atoms with Gasteiger partial charge in [-0.3, -0.25) is 9.59 Å². The summed E-state index contributed by atoms with van der Waals surface area (Å²) in [7, 11) is 2.97. The van der Waals surface area contributed by atoms with Gasteiger partial charge >= 0.3 is 0 Å². The molecule has 4 rings (SSSR count). The van der Waals surface area contributed by atoms with Crippen LogP contribution in [0.3, 0.4) is 0 Å². The van der Waals surface area contributed by atoms with E-state index in [0.29, 0.717) is 46.5 Å². The van der Waals surface area contributed by atoms with E-state index < -0.39 is 0 Å². The Kier molecular flexibility index (Phi) is 7.88. The van der Waals surface area contributed by atoms with Crippen LogP contribution in [0.4, 0.5) is 11.4 Å². The Morgan fingerprint density at radius 2 is 1.54 bits per heavy atom. The first-order valence-corrected chi connectivity index (χ1v) is 11.8. The van der Waals surface area contributed by atoms with E-state index in [4.69, 9.17) is 13.9 Å². The molecule has 0 aliphatic rings. The number of methoxy groups -OCH3 is 2. The van der Waals surface area contributed by atoms with E-state index in [1.54, 1.807) is 42.6 Å². The predicted molar refractivity (Wildman–Crippen MR) is 142 cm³/mol. The first-order chi connectivity index (χ1) is 17.9. The molecule has 0 saturated heterocycles. The number of carbonyl (C=O) groups is 2. The molecule has 1 heterocycles. The van der Waals surface area contributed by atoms with Crippen molar-refractivity contribution >= 4 is 23.2 Å². The second kappa shape index (κ2) is 11.4. The zero-order chi connectivity index (χ0) is 26.4. The van der Waals surface area contributed by atoms with Gasteiger partial charge in [-0.05, 0) is 43.2 Å². The molecule has 190 valence electrons. The molecule has 0 bridgehead atoms. The molecule has 8 heteroatoms. The minimum Gasteiger partial charge on any atom is -0.494 e. The Hall–Kier alpha value is -4.59. The van der Waals surface area contributed by atoms with Gasteiger partial charge in [0.15, 0.2) is 11.7 Å². The highest BCUT2D eigenvalue weighted by Gasteiger charge is 2.17. The van der Waals surface area contributed by atoms with Crippen LogP contribution in [0, 0.1) is 13.8 Å². The summed E-state index contributed by atoms with van der Waals surface area (Å²) in [5.41, 5.74) is 4.68. The lowest BCUT2D eigenvalue weighted by Crippen LogP contribution is -2.15. The van der Waals surface area contributed by atoms with Crippen LogP contribution in [0.5, 0.6) is 11.5 Å². The smallest absolute Gasteiger partial charge is 0.255 e. The monoisotopic (exact) mass is 499 g/mol. The first-order valence-electron chi connectivity index (χ1n) is 11.8. The number of benzene rings is 3. The van der Waals surface area contributed by atoms with Crippen LogP contribution in [0.2, 0.25) is 0 Å². The highest BCUT2D eigenvalue weighted by Crippen LogP contribution is 2.37. The summed E-state index contributed by atoms with van der Waals surface area (Å²) >= 11 is 0. The third-order valence-electron chi connectivity index (χ3n) is 5.99. The molecule has 0 fully saturated rings. The topological polar surface area (TPSA) is 103 Å². The molecule has 8 nitrogen and oxygen atoms in total. The molecule has 2 N–H and O–H groups in total. The second-order valence-electron chi connectivity index (χ2n) is 8.54. The van der Waals surface area contributed by atoms with Crippen LogP contribution in [-0.4, -0.2) is 31.0 Å². The lowest BCUT2D eigenvalue weighted by atomic mass is 10.1. The number of hydrogen-bond donors (Lipinski definition) is 2. The summed E-state index contributed by atoms with van der Waals surface area (Å²) in [6.07, 6.45) is 2.17. The maximum absolute atomic E-state index is 12.7. The van der Waals surface area contributed by atoms with Crippen molar-refractivity contribution in [2.75, 3.05) is 24.9 Å². The zero-order valence-electron chi connectivity index (χ0n) is 21.3. The van der Waals surface area contributed by atoms with Gasteiger partial charge in [-0.25, -0.2) is 4.98 Å². The summed E-state index contributed by atoms with van der Waals surface area (Å²) in [6, 6.07) is 18.1. The largest absolute Gasteiger partial charge is 0.494 e. The number of nitrogens with one attached hydrogen (secondary N) is 2. The number of anilines is 2. The average molecular weight is 500 g/mol. The lowest BCUT2D eigenvalue weighted by Gasteiger charge is -2.16. The van der Waals surface area contributed by atoms with Crippen molar-refractivity contribution in [3.05, 3.63) is 89.4 Å².